The number of hydrogen-bond acceptors (Lipinski definition) is 0. The molecule has 0 saturated carbocycles. The molecule has 2 aromatic rings. The van der Waals surface area contributed by atoms with Crippen molar-refractivity contribution in [3.8, 4) is 0 Å². The van der Waals surface area contributed by atoms with Crippen LogP contribution >= 0.6 is 0 Å². The molecule has 4 heteroatoms. The molecule has 0 spiro atoms. The Morgan fingerprint density at radius 3 is 2.50 bits per heavy atom. The summed E-state index contributed by atoms with van der Waals surface area (Å²) in [7, 11) is 0. The molecule has 1 nitrogen and oxygen atoms in total. The molecule has 2 aliphatic rings. The fourth-order valence-electron chi connectivity index (χ4n) is 2.93. The molecule has 4 rings (SSSR count). The minimum Gasteiger partial charge on any atom is -1.00 e. The van der Waals surface area contributed by atoms with E-state index >= 15 is 0 Å². The summed E-state index contributed by atoms with van der Waals surface area (Å²) >= 11 is -0.624. The van der Waals surface area contributed by atoms with Gasteiger partial charge in [-0.3, -0.25) is 0 Å². The zero-order valence-electron chi connectivity index (χ0n) is 11.9. The molecule has 1 aromatic heterocycles. The first-order valence-corrected chi connectivity index (χ1v) is 9.63. The summed E-state index contributed by atoms with van der Waals surface area (Å²) in [5.41, 5.74) is 4.42. The first-order chi connectivity index (χ1) is 9.92. The van der Waals surface area contributed by atoms with Crippen molar-refractivity contribution in [2.45, 2.75) is 10.0 Å². The van der Waals surface area contributed by atoms with Gasteiger partial charge in [0.25, 0.3) is 0 Å². The van der Waals surface area contributed by atoms with Gasteiger partial charge in [0, 0.05) is 0 Å². The summed E-state index contributed by atoms with van der Waals surface area (Å²) in [6, 6.07) is 13.1. The molecule has 110 valence electrons. The van der Waals surface area contributed by atoms with Crippen LogP contribution in [0.2, 0.25) is 0 Å². The summed E-state index contributed by atoms with van der Waals surface area (Å²) in [6.45, 7) is 0. The zero-order chi connectivity index (χ0) is 13.4. The average molecular weight is 375 g/mol. The van der Waals surface area contributed by atoms with Gasteiger partial charge in [-0.1, -0.05) is 0 Å². The molecule has 1 heterocycles. The van der Waals surface area contributed by atoms with Crippen LogP contribution in [0, 0.1) is 0 Å². The van der Waals surface area contributed by atoms with Gasteiger partial charge in [-0.2, -0.15) is 0 Å². The molecule has 0 bridgehead atoms. The second kappa shape index (κ2) is 7.15. The summed E-state index contributed by atoms with van der Waals surface area (Å²) in [5, 5.41) is 0. The van der Waals surface area contributed by atoms with Crippen LogP contribution in [0.5, 0.6) is 0 Å². The number of benzene rings is 1. The number of halogens is 2. The van der Waals surface area contributed by atoms with E-state index < -0.39 is 23.2 Å². The number of aromatic nitrogens is 1. The largest absolute Gasteiger partial charge is 1.00 e. The Morgan fingerprint density at radius 1 is 1.00 bits per heavy atom. The monoisotopic (exact) mass is 373 g/mol. The molecule has 0 amide bonds. The minimum absolute atomic E-state index is 0. The summed E-state index contributed by atoms with van der Waals surface area (Å²) in [5.74, 6) is 0. The minimum atomic E-state index is -0.624. The number of hydrogen-bond donors (Lipinski definition) is 0. The standard InChI is InChI=1S/C13H10N.C5H5.2FH.Zr/c1-2-6-12-10-13(9-11(12)5-1)14-7-3-4-8-14;1-2-4-5-3-1;;;/h1-10H;1-3H,4H2;2*1H;/q;;;;+2/p-2. The SMILES string of the molecule is C1=CC[C]([Zr+2][CH]2C(n3cccc3)=Cc3ccccc32)=C1.[F-].[F-]. The maximum atomic E-state index is 2.38. The number of allylic oxidation sites excluding steroid dienone is 5. The van der Waals surface area contributed by atoms with Gasteiger partial charge in [-0.15, -0.1) is 0 Å². The van der Waals surface area contributed by atoms with Gasteiger partial charge in [-0.05, 0) is 0 Å². The smallest absolute Gasteiger partial charge is 1.00 e. The Balaban J connectivity index is 0.000000882. The van der Waals surface area contributed by atoms with Crippen molar-refractivity contribution < 1.29 is 32.6 Å². The first kappa shape index (κ1) is 16.8. The molecule has 0 N–H and O–H groups in total. The average Bonchev–Trinajstić information content (AvgIpc) is 3.19. The van der Waals surface area contributed by atoms with E-state index in [9.17, 15) is 0 Å². The topological polar surface area (TPSA) is 4.93 Å². The van der Waals surface area contributed by atoms with Crippen LogP contribution in [0.1, 0.15) is 21.2 Å². The Morgan fingerprint density at radius 2 is 1.77 bits per heavy atom. The molecule has 1 aromatic carbocycles. The van der Waals surface area contributed by atoms with Crippen molar-refractivity contribution in [3.63, 3.8) is 0 Å². The molecule has 0 aliphatic heterocycles. The van der Waals surface area contributed by atoms with Gasteiger partial charge in [0.2, 0.25) is 0 Å². The summed E-state index contributed by atoms with van der Waals surface area (Å²) in [4.78, 5) is 0. The van der Waals surface area contributed by atoms with Gasteiger partial charge in [-0.25, -0.2) is 0 Å². The van der Waals surface area contributed by atoms with Crippen LogP contribution in [0.4, 0.5) is 0 Å². The van der Waals surface area contributed by atoms with Crippen molar-refractivity contribution >= 4 is 11.8 Å². The fraction of sp³-hybridized carbons (Fsp3) is 0.111. The molecule has 2 aliphatic carbocycles. The quantitative estimate of drug-likeness (QED) is 0.615. The van der Waals surface area contributed by atoms with Crippen LogP contribution in [-0.4, -0.2) is 4.57 Å². The van der Waals surface area contributed by atoms with E-state index in [1.165, 1.54) is 23.2 Å². The van der Waals surface area contributed by atoms with E-state index in [4.69, 9.17) is 0 Å². The van der Waals surface area contributed by atoms with Crippen LogP contribution < -0.4 is 9.41 Å². The molecule has 0 radical (unpaired) electrons. The predicted octanol–water partition coefficient (Wildman–Crippen LogP) is -1.52. The second-order valence-corrected chi connectivity index (χ2v) is 8.90. The molecule has 1 atom stereocenters. The summed E-state index contributed by atoms with van der Waals surface area (Å²) < 4.78 is 4.65. The maximum Gasteiger partial charge on any atom is -1.00 e. The number of nitrogens with zero attached hydrogens (tertiary/aromatic N) is 1. The van der Waals surface area contributed by atoms with Crippen molar-refractivity contribution in [2.24, 2.45) is 0 Å². The fourth-order valence-corrected chi connectivity index (χ4v) is 6.86. The van der Waals surface area contributed by atoms with E-state index in [-0.39, 0.29) is 9.41 Å². The van der Waals surface area contributed by atoms with Crippen molar-refractivity contribution in [3.05, 3.63) is 81.4 Å². The summed E-state index contributed by atoms with van der Waals surface area (Å²) in [6.07, 6.45) is 14.8. The van der Waals surface area contributed by atoms with Crippen LogP contribution in [0.3, 0.4) is 0 Å². The number of rotatable bonds is 3. The third kappa shape index (κ3) is 2.98. The Labute approximate surface area is 140 Å². The normalized spacial score (nSPS) is 17.7. The molecule has 1 unspecified atom stereocenters. The Hall–Kier alpha value is -1.54. The van der Waals surface area contributed by atoms with Gasteiger partial charge in [0.05, 0.1) is 0 Å². The Bertz CT molecular complexity index is 729. The van der Waals surface area contributed by atoms with E-state index in [0.29, 0.717) is 3.63 Å². The zero-order valence-corrected chi connectivity index (χ0v) is 14.4. The first-order valence-electron chi connectivity index (χ1n) is 6.98. The van der Waals surface area contributed by atoms with Crippen molar-refractivity contribution in [1.82, 2.24) is 4.57 Å². The predicted molar refractivity (Wildman–Crippen MR) is 79.6 cm³/mol. The van der Waals surface area contributed by atoms with Gasteiger partial charge < -0.3 is 9.41 Å². The maximum absolute atomic E-state index is 2.38. The van der Waals surface area contributed by atoms with Gasteiger partial charge in [0.15, 0.2) is 0 Å². The Kier molecular flexibility index (Phi) is 5.47. The van der Waals surface area contributed by atoms with E-state index in [1.807, 2.05) is 0 Å². The van der Waals surface area contributed by atoms with Gasteiger partial charge >= 0.3 is 131 Å². The van der Waals surface area contributed by atoms with E-state index in [1.54, 1.807) is 3.28 Å². The van der Waals surface area contributed by atoms with E-state index in [0.717, 1.165) is 0 Å². The molecule has 0 fully saturated rings. The van der Waals surface area contributed by atoms with Crippen LogP contribution in [-0.2, 0) is 23.2 Å². The molecular weight excluding hydrogens is 359 g/mol. The third-order valence-electron chi connectivity index (χ3n) is 3.91. The van der Waals surface area contributed by atoms with Crippen LogP contribution in [0.15, 0.2) is 70.3 Å². The molecule has 0 saturated heterocycles. The van der Waals surface area contributed by atoms with Crippen LogP contribution in [0.25, 0.3) is 11.8 Å². The molecule has 22 heavy (non-hydrogen) atoms. The van der Waals surface area contributed by atoms with Gasteiger partial charge in [0.1, 0.15) is 0 Å². The number of fused-ring (bicyclic) bond motifs is 1. The van der Waals surface area contributed by atoms with Crippen molar-refractivity contribution in [1.29, 1.82) is 0 Å². The third-order valence-corrected chi connectivity index (χ3v) is 7.93. The molecular formula is C18H15F2NZr. The van der Waals surface area contributed by atoms with Crippen molar-refractivity contribution in [2.75, 3.05) is 0 Å². The van der Waals surface area contributed by atoms with E-state index in [2.05, 4.69) is 77.7 Å². The second-order valence-electron chi connectivity index (χ2n) is 5.19.